The molecule has 0 fully saturated rings. The van der Waals surface area contributed by atoms with E-state index in [0.717, 1.165) is 24.1 Å². The van der Waals surface area contributed by atoms with Gasteiger partial charge < -0.3 is 4.74 Å². The number of hydrogen-bond acceptors (Lipinski definition) is 4. The van der Waals surface area contributed by atoms with Crippen LogP contribution in [0.4, 0.5) is 0 Å². The van der Waals surface area contributed by atoms with Gasteiger partial charge in [-0.3, -0.25) is 13.6 Å². The molecule has 0 rings (SSSR count). The van der Waals surface area contributed by atoms with Gasteiger partial charge in [-0.05, 0) is 20.8 Å². The molecule has 0 heterocycles. The van der Waals surface area contributed by atoms with Gasteiger partial charge in [-0.15, -0.1) is 0 Å². The first-order valence-corrected chi connectivity index (χ1v) is 7.34. The molecule has 0 radical (unpaired) electrons. The van der Waals surface area contributed by atoms with Gasteiger partial charge in [-0.25, -0.2) is 4.79 Å². The lowest BCUT2D eigenvalue weighted by molar-refractivity contribution is -0.962. The highest BCUT2D eigenvalue weighted by Gasteiger charge is 2.30. The number of quaternary nitrogens is 1. The van der Waals surface area contributed by atoms with Crippen LogP contribution in [0.2, 0.25) is 0 Å². The molecule has 1 unspecified atom stereocenters. The molecule has 0 amide bonds. The molecular formula is C11H24NO6S+. The van der Waals surface area contributed by atoms with Gasteiger partial charge >= 0.3 is 16.4 Å². The second kappa shape index (κ2) is 9.03. The first kappa shape index (κ1) is 20.4. The summed E-state index contributed by atoms with van der Waals surface area (Å²) in [6.07, 6.45) is 1.12. The lowest BCUT2D eigenvalue weighted by atomic mass is 10.3. The molecule has 7 nitrogen and oxygen atoms in total. The van der Waals surface area contributed by atoms with Crippen LogP contribution >= 0.6 is 0 Å². The summed E-state index contributed by atoms with van der Waals surface area (Å²) in [5, 5.41) is 0. The van der Waals surface area contributed by atoms with Crippen molar-refractivity contribution >= 4 is 16.4 Å². The van der Waals surface area contributed by atoms with Gasteiger partial charge in [-0.1, -0.05) is 6.58 Å². The topological polar surface area (TPSA) is 101 Å². The average molecular weight is 298 g/mol. The van der Waals surface area contributed by atoms with E-state index in [2.05, 4.69) is 27.4 Å². The molecule has 0 saturated carbocycles. The highest BCUT2D eigenvalue weighted by atomic mass is 32.3. The Morgan fingerprint density at radius 2 is 1.58 bits per heavy atom. The Morgan fingerprint density at radius 1 is 1.26 bits per heavy atom. The zero-order chi connectivity index (χ0) is 15.7. The average Bonchev–Trinajstić information content (AvgIpc) is 2.29. The summed E-state index contributed by atoms with van der Waals surface area (Å²) in [6, 6.07) is 0. The van der Waals surface area contributed by atoms with Crippen LogP contribution in [0, 0.1) is 0 Å². The second-order valence-corrected chi connectivity index (χ2v) is 4.75. The van der Waals surface area contributed by atoms with E-state index in [9.17, 15) is 4.79 Å². The maximum Gasteiger partial charge on any atom is 0.394 e. The smallest absolute Gasteiger partial charge is 0.394 e. The van der Waals surface area contributed by atoms with Crippen LogP contribution < -0.4 is 0 Å². The molecule has 0 aromatic carbocycles. The molecule has 114 valence electrons. The third-order valence-corrected chi connectivity index (χ3v) is 3.11. The summed E-state index contributed by atoms with van der Waals surface area (Å²) in [7, 11) is -4.67. The van der Waals surface area contributed by atoms with Gasteiger partial charge in [0.25, 0.3) is 0 Å². The van der Waals surface area contributed by atoms with E-state index >= 15 is 0 Å². The number of rotatable bonds is 6. The van der Waals surface area contributed by atoms with Crippen LogP contribution in [-0.4, -0.2) is 53.8 Å². The Labute approximate surface area is 115 Å². The number of nitrogens with zero attached hydrogens (tertiary/aromatic N) is 1. The maximum absolute atomic E-state index is 11.1. The van der Waals surface area contributed by atoms with E-state index in [0.29, 0.717) is 0 Å². The predicted octanol–water partition coefficient (Wildman–Crippen LogP) is 1.29. The van der Waals surface area contributed by atoms with Crippen molar-refractivity contribution in [2.45, 2.75) is 33.9 Å². The summed E-state index contributed by atoms with van der Waals surface area (Å²) in [6.45, 7) is 14.6. The van der Waals surface area contributed by atoms with E-state index in [-0.39, 0.29) is 12.2 Å². The van der Waals surface area contributed by atoms with Crippen molar-refractivity contribution in [2.24, 2.45) is 0 Å². The first-order valence-electron chi connectivity index (χ1n) is 5.94. The summed E-state index contributed by atoms with van der Waals surface area (Å²) in [5.41, 5.74) is 0. The summed E-state index contributed by atoms with van der Waals surface area (Å²) >= 11 is 0. The summed E-state index contributed by atoms with van der Waals surface area (Å²) < 4.78 is 37.6. The number of carbonyl (C=O) groups is 1. The lowest BCUT2D eigenvalue weighted by Gasteiger charge is -2.39. The lowest BCUT2D eigenvalue weighted by Crippen LogP contribution is -2.55. The molecule has 0 aliphatic carbocycles. The predicted molar refractivity (Wildman–Crippen MR) is 71.8 cm³/mol. The van der Waals surface area contributed by atoms with Crippen molar-refractivity contribution in [2.75, 3.05) is 19.6 Å². The molecule has 0 aliphatic rings. The molecule has 1 atom stereocenters. The third kappa shape index (κ3) is 9.60. The summed E-state index contributed by atoms with van der Waals surface area (Å²) in [4.78, 5) is 11.1. The van der Waals surface area contributed by atoms with Crippen LogP contribution in [0.25, 0.3) is 0 Å². The van der Waals surface area contributed by atoms with Crippen LogP contribution in [0.1, 0.15) is 27.7 Å². The van der Waals surface area contributed by atoms with Crippen molar-refractivity contribution in [3.63, 3.8) is 0 Å². The van der Waals surface area contributed by atoms with Crippen molar-refractivity contribution in [1.82, 2.24) is 0 Å². The zero-order valence-electron chi connectivity index (χ0n) is 11.9. The number of ether oxygens (including phenoxy) is 1. The number of esters is 1. The van der Waals surface area contributed by atoms with Crippen LogP contribution in [-0.2, 0) is 19.9 Å². The highest BCUT2D eigenvalue weighted by molar-refractivity contribution is 7.79. The van der Waals surface area contributed by atoms with Crippen LogP contribution in [0.15, 0.2) is 12.7 Å². The van der Waals surface area contributed by atoms with Gasteiger partial charge in [0.15, 0.2) is 0 Å². The third-order valence-electron chi connectivity index (χ3n) is 3.11. The molecular weight excluding hydrogens is 274 g/mol. The van der Waals surface area contributed by atoms with Crippen molar-refractivity contribution < 1.29 is 31.5 Å². The van der Waals surface area contributed by atoms with E-state index in [1.807, 2.05) is 6.92 Å². The maximum atomic E-state index is 11.1. The molecule has 2 N–H and O–H groups in total. The van der Waals surface area contributed by atoms with Crippen molar-refractivity contribution in [1.29, 1.82) is 0 Å². The minimum Gasteiger partial charge on any atom is -0.410 e. The minimum atomic E-state index is -4.67. The van der Waals surface area contributed by atoms with E-state index < -0.39 is 10.4 Å². The Hall–Kier alpha value is -0.960. The molecule has 0 saturated heterocycles. The SMILES string of the molecule is C=CC(=O)OC(C)[N+](CC)(CC)CC.O=S(=O)(O)O. The van der Waals surface area contributed by atoms with Crippen molar-refractivity contribution in [3.05, 3.63) is 12.7 Å². The van der Waals surface area contributed by atoms with Crippen LogP contribution in [0.3, 0.4) is 0 Å². The Bertz CT molecular complexity index is 358. The monoisotopic (exact) mass is 298 g/mol. The fraction of sp³-hybridized carbons (Fsp3) is 0.727. The summed E-state index contributed by atoms with van der Waals surface area (Å²) in [5.74, 6) is -0.338. The van der Waals surface area contributed by atoms with Crippen LogP contribution in [0.5, 0.6) is 0 Å². The minimum absolute atomic E-state index is 0.0968. The Balaban J connectivity index is 0. The fourth-order valence-corrected chi connectivity index (χ4v) is 1.77. The number of carbonyl (C=O) groups excluding carboxylic acids is 1. The first-order chi connectivity index (χ1) is 8.56. The van der Waals surface area contributed by atoms with Gasteiger partial charge in [0.05, 0.1) is 19.6 Å². The highest BCUT2D eigenvalue weighted by Crippen LogP contribution is 2.14. The molecule has 8 heteroatoms. The van der Waals surface area contributed by atoms with E-state index in [1.165, 1.54) is 6.08 Å². The molecule has 0 aromatic heterocycles. The quantitative estimate of drug-likeness (QED) is 0.252. The molecule has 0 aliphatic heterocycles. The fourth-order valence-electron chi connectivity index (χ4n) is 1.77. The van der Waals surface area contributed by atoms with Gasteiger partial charge in [-0.2, -0.15) is 8.42 Å². The molecule has 19 heavy (non-hydrogen) atoms. The standard InChI is InChI=1S/C11H22NO2.H2O4S/c1-6-11(13)14-10(5)12(7-2,8-3)9-4;1-5(2,3)4/h6,10H,1,7-9H2,2-5H3;(H2,1,2,3,4)/q+1;. The number of hydrogen-bond donors (Lipinski definition) is 2. The normalized spacial score (nSPS) is 12.9. The largest absolute Gasteiger partial charge is 0.410 e. The Morgan fingerprint density at radius 3 is 1.79 bits per heavy atom. The molecule has 0 aromatic rings. The molecule has 0 bridgehead atoms. The van der Waals surface area contributed by atoms with Gasteiger partial charge in [0, 0.05) is 13.0 Å². The zero-order valence-corrected chi connectivity index (χ0v) is 12.7. The van der Waals surface area contributed by atoms with E-state index in [4.69, 9.17) is 22.3 Å². The van der Waals surface area contributed by atoms with Crippen molar-refractivity contribution in [3.8, 4) is 0 Å². The van der Waals surface area contributed by atoms with Gasteiger partial charge in [0.2, 0.25) is 6.23 Å². The second-order valence-electron chi connectivity index (χ2n) is 3.86. The Kier molecular flexibility index (Phi) is 9.67. The van der Waals surface area contributed by atoms with Gasteiger partial charge in [0.1, 0.15) is 0 Å². The van der Waals surface area contributed by atoms with E-state index in [1.54, 1.807) is 0 Å². The molecule has 0 spiro atoms.